The average Bonchev–Trinajstić information content (AvgIpc) is 3.03. The van der Waals surface area contributed by atoms with Crippen molar-refractivity contribution in [3.63, 3.8) is 0 Å². The number of carbonyl (C=O) groups is 2. The van der Waals surface area contributed by atoms with Gasteiger partial charge in [0.2, 0.25) is 6.10 Å². The highest BCUT2D eigenvalue weighted by molar-refractivity contribution is 6.42. The normalized spacial score (nSPS) is 18.6. The lowest BCUT2D eigenvalue weighted by atomic mass is 9.89. The van der Waals surface area contributed by atoms with Gasteiger partial charge < -0.3 is 19.5 Å². The molecule has 1 amide bonds. The fraction of sp³-hybridized carbons (Fsp3) is 0.257. The summed E-state index contributed by atoms with van der Waals surface area (Å²) in [5, 5.41) is 11.2. The molecule has 2 aliphatic heterocycles. The van der Waals surface area contributed by atoms with Gasteiger partial charge in [0.15, 0.2) is 0 Å². The number of fused-ring (bicyclic) bond motifs is 2. The van der Waals surface area contributed by atoms with Crippen LogP contribution in [0.1, 0.15) is 53.3 Å². The highest BCUT2D eigenvalue weighted by Gasteiger charge is 2.39. The van der Waals surface area contributed by atoms with Gasteiger partial charge in [-0.1, -0.05) is 78.7 Å². The molecule has 0 spiro atoms. The number of benzene rings is 4. The Kier molecular flexibility index (Phi) is 8.54. The molecule has 0 saturated heterocycles. The number of hydrogen-bond donors (Lipinski definition) is 1. The predicted molar refractivity (Wildman–Crippen MR) is 171 cm³/mol. The van der Waals surface area contributed by atoms with E-state index in [1.807, 2.05) is 72.8 Å². The minimum absolute atomic E-state index is 0.0446. The van der Waals surface area contributed by atoms with E-state index in [4.69, 9.17) is 32.7 Å². The second-order valence-electron chi connectivity index (χ2n) is 11.2. The van der Waals surface area contributed by atoms with Crippen molar-refractivity contribution in [3.05, 3.63) is 123 Å². The van der Waals surface area contributed by atoms with E-state index < -0.39 is 18.1 Å². The first-order chi connectivity index (χ1) is 21.2. The lowest BCUT2D eigenvalue weighted by Crippen LogP contribution is -2.47. The van der Waals surface area contributed by atoms with E-state index in [1.54, 1.807) is 24.1 Å². The number of amides is 1. The minimum atomic E-state index is -0.854. The van der Waals surface area contributed by atoms with Crippen molar-refractivity contribution < 1.29 is 24.2 Å². The van der Waals surface area contributed by atoms with Crippen LogP contribution in [-0.4, -0.2) is 35.0 Å². The van der Waals surface area contributed by atoms with E-state index in [0.717, 1.165) is 28.7 Å². The van der Waals surface area contributed by atoms with Crippen molar-refractivity contribution in [1.29, 1.82) is 0 Å². The van der Waals surface area contributed by atoms with Gasteiger partial charge in [-0.25, -0.2) is 0 Å². The molecule has 226 valence electrons. The highest BCUT2D eigenvalue weighted by atomic mass is 35.5. The van der Waals surface area contributed by atoms with Gasteiger partial charge in [-0.05, 0) is 71.5 Å². The molecule has 2 aliphatic rings. The lowest BCUT2D eigenvalue weighted by molar-refractivity contribution is -0.145. The van der Waals surface area contributed by atoms with Gasteiger partial charge >= 0.3 is 5.97 Å². The summed E-state index contributed by atoms with van der Waals surface area (Å²) in [5.41, 5.74) is 5.24. The van der Waals surface area contributed by atoms with Gasteiger partial charge in [0.05, 0.1) is 15.7 Å². The van der Waals surface area contributed by atoms with Crippen LogP contribution in [0.15, 0.2) is 84.9 Å². The molecule has 0 saturated carbocycles. The monoisotopic (exact) mass is 630 g/mol. The fourth-order valence-electron chi connectivity index (χ4n) is 6.09. The quantitative estimate of drug-likeness (QED) is 0.216. The molecule has 0 aliphatic carbocycles. The SMILES string of the molecule is CC[C@@H](c1ccccc1)N1Cc2cc3c(cc2C[C@H]1C(=O)O)N(C)C(=O)[C@H](c1ccc(OCc2ccc(Cl)c(Cl)c2)cc1)O3. The Bertz CT molecular complexity index is 1700. The molecule has 7 nitrogen and oxygen atoms in total. The maximum absolute atomic E-state index is 13.5. The fourth-order valence-corrected chi connectivity index (χ4v) is 6.41. The van der Waals surface area contributed by atoms with E-state index in [-0.39, 0.29) is 11.9 Å². The van der Waals surface area contributed by atoms with Crippen LogP contribution >= 0.6 is 23.2 Å². The molecular formula is C35H32Cl2N2O5. The molecule has 3 atom stereocenters. The van der Waals surface area contributed by atoms with Crippen LogP contribution in [0.5, 0.6) is 11.5 Å². The lowest BCUT2D eigenvalue weighted by Gasteiger charge is -2.41. The number of rotatable bonds is 8. The summed E-state index contributed by atoms with van der Waals surface area (Å²) in [6.45, 7) is 2.86. The van der Waals surface area contributed by atoms with Crippen molar-refractivity contribution >= 4 is 40.8 Å². The number of likely N-dealkylation sites (N-methyl/N-ethyl adjacent to an activating group) is 1. The van der Waals surface area contributed by atoms with Gasteiger partial charge in [0.25, 0.3) is 5.91 Å². The third kappa shape index (κ3) is 5.87. The number of ether oxygens (including phenoxy) is 2. The van der Waals surface area contributed by atoms with Crippen molar-refractivity contribution in [2.24, 2.45) is 0 Å². The summed E-state index contributed by atoms with van der Waals surface area (Å²) in [6.07, 6.45) is 0.293. The van der Waals surface area contributed by atoms with Crippen molar-refractivity contribution in [1.82, 2.24) is 4.90 Å². The second kappa shape index (κ2) is 12.5. The topological polar surface area (TPSA) is 79.3 Å². The number of carboxylic acid groups (broad SMARTS) is 1. The molecule has 4 aromatic carbocycles. The Morgan fingerprint density at radius 3 is 2.43 bits per heavy atom. The van der Waals surface area contributed by atoms with Gasteiger partial charge in [0.1, 0.15) is 24.1 Å². The summed E-state index contributed by atoms with van der Waals surface area (Å²) in [5.74, 6) is 0.178. The highest BCUT2D eigenvalue weighted by Crippen LogP contribution is 2.43. The first-order valence-corrected chi connectivity index (χ1v) is 15.3. The van der Waals surface area contributed by atoms with Crippen LogP contribution in [0.25, 0.3) is 0 Å². The molecule has 6 rings (SSSR count). The zero-order valence-corrected chi connectivity index (χ0v) is 25.9. The van der Waals surface area contributed by atoms with Gasteiger partial charge in [-0.3, -0.25) is 14.5 Å². The van der Waals surface area contributed by atoms with E-state index in [1.165, 1.54) is 0 Å². The molecular weight excluding hydrogens is 599 g/mol. The van der Waals surface area contributed by atoms with Crippen LogP contribution in [-0.2, 0) is 29.2 Å². The third-order valence-corrected chi connectivity index (χ3v) is 9.18. The van der Waals surface area contributed by atoms with Crippen LogP contribution in [0.4, 0.5) is 5.69 Å². The van der Waals surface area contributed by atoms with Crippen LogP contribution in [0.2, 0.25) is 10.0 Å². The summed E-state index contributed by atoms with van der Waals surface area (Å²) in [4.78, 5) is 29.6. The molecule has 0 aromatic heterocycles. The molecule has 0 bridgehead atoms. The number of nitrogens with zero attached hydrogens (tertiary/aromatic N) is 2. The molecule has 0 unspecified atom stereocenters. The van der Waals surface area contributed by atoms with E-state index in [9.17, 15) is 14.7 Å². The minimum Gasteiger partial charge on any atom is -0.489 e. The number of anilines is 1. The summed E-state index contributed by atoms with van der Waals surface area (Å²) < 4.78 is 12.3. The number of carboxylic acids is 1. The maximum Gasteiger partial charge on any atom is 0.321 e. The van der Waals surface area contributed by atoms with Crippen molar-refractivity contribution in [2.45, 2.75) is 51.1 Å². The van der Waals surface area contributed by atoms with Crippen LogP contribution in [0, 0.1) is 0 Å². The second-order valence-corrected chi connectivity index (χ2v) is 12.0. The number of aliphatic carboxylic acids is 1. The first kappa shape index (κ1) is 30.0. The van der Waals surface area contributed by atoms with Crippen molar-refractivity contribution in [3.8, 4) is 11.5 Å². The largest absolute Gasteiger partial charge is 0.489 e. The molecule has 0 fully saturated rings. The molecule has 1 N–H and O–H groups in total. The van der Waals surface area contributed by atoms with E-state index in [0.29, 0.717) is 52.4 Å². The zero-order chi connectivity index (χ0) is 31.0. The Morgan fingerprint density at radius 1 is 1.00 bits per heavy atom. The van der Waals surface area contributed by atoms with Crippen LogP contribution < -0.4 is 14.4 Å². The molecule has 9 heteroatoms. The Labute approximate surface area is 266 Å². The standard InChI is InChI=1S/C35H32Cl2N2O5/c1-3-29(22-7-5-4-6-8-22)39-19-25-18-32-30(16-24(25)17-31(39)35(41)42)38(2)34(40)33(44-32)23-10-12-26(13-11-23)43-20-21-9-14-27(36)28(37)15-21/h4-16,18,29,31,33H,3,17,19-20H2,1-2H3,(H,41,42)/t29-,31-,33-/m0/s1. The van der Waals surface area contributed by atoms with E-state index >= 15 is 0 Å². The zero-order valence-electron chi connectivity index (χ0n) is 24.4. The first-order valence-electron chi connectivity index (χ1n) is 14.5. The van der Waals surface area contributed by atoms with Gasteiger partial charge in [0, 0.05) is 25.2 Å². The summed E-state index contributed by atoms with van der Waals surface area (Å²) in [6, 6.07) is 25.8. The number of carbonyl (C=O) groups excluding carboxylic acids is 1. The Morgan fingerprint density at radius 2 is 1.75 bits per heavy atom. The van der Waals surface area contributed by atoms with Gasteiger partial charge in [-0.2, -0.15) is 0 Å². The summed E-state index contributed by atoms with van der Waals surface area (Å²) >= 11 is 12.1. The van der Waals surface area contributed by atoms with E-state index in [2.05, 4.69) is 11.8 Å². The smallest absolute Gasteiger partial charge is 0.321 e. The Balaban J connectivity index is 1.23. The summed E-state index contributed by atoms with van der Waals surface area (Å²) in [7, 11) is 1.73. The molecule has 4 aromatic rings. The Hall–Kier alpha value is -4.04. The number of hydrogen-bond acceptors (Lipinski definition) is 5. The average molecular weight is 632 g/mol. The molecule has 2 heterocycles. The van der Waals surface area contributed by atoms with Gasteiger partial charge in [-0.15, -0.1) is 0 Å². The maximum atomic E-state index is 13.5. The van der Waals surface area contributed by atoms with Crippen molar-refractivity contribution in [2.75, 3.05) is 11.9 Å². The van der Waals surface area contributed by atoms with Crippen LogP contribution in [0.3, 0.4) is 0 Å². The third-order valence-electron chi connectivity index (χ3n) is 8.44. The predicted octanol–water partition coefficient (Wildman–Crippen LogP) is 7.63. The molecule has 0 radical (unpaired) electrons. The molecule has 44 heavy (non-hydrogen) atoms. The number of halogens is 2.